The number of non-ortho nitro benzene ring substituents is 1. The molecule has 7 heteroatoms. The second-order valence-corrected chi connectivity index (χ2v) is 3.92. The fraction of sp³-hybridized carbons (Fsp3) is 0. The summed E-state index contributed by atoms with van der Waals surface area (Å²) < 4.78 is 19.0. The molecule has 0 heterocycles. The standard InChI is InChI=1S/C13H10FN3O3/c14-11-6-8(13(15)16)4-5-12(11)20-10-3-1-2-9(7-10)17(18)19/h1-7H,(H3,15,16). The van der Waals surface area contributed by atoms with Gasteiger partial charge in [-0.15, -0.1) is 0 Å². The van der Waals surface area contributed by atoms with E-state index in [9.17, 15) is 14.5 Å². The SMILES string of the molecule is N=C(N)c1ccc(Oc2cccc([N+](=O)[O-])c2)c(F)c1. The summed E-state index contributed by atoms with van der Waals surface area (Å²) in [7, 11) is 0. The van der Waals surface area contributed by atoms with Crippen LogP contribution in [0.2, 0.25) is 0 Å². The Morgan fingerprint density at radius 3 is 2.65 bits per heavy atom. The van der Waals surface area contributed by atoms with Crippen LogP contribution in [-0.4, -0.2) is 10.8 Å². The van der Waals surface area contributed by atoms with Gasteiger partial charge in [0.2, 0.25) is 0 Å². The van der Waals surface area contributed by atoms with Crippen molar-refractivity contribution in [2.75, 3.05) is 0 Å². The van der Waals surface area contributed by atoms with E-state index in [4.69, 9.17) is 15.9 Å². The average molecular weight is 275 g/mol. The van der Waals surface area contributed by atoms with Gasteiger partial charge < -0.3 is 10.5 Å². The highest BCUT2D eigenvalue weighted by Gasteiger charge is 2.10. The highest BCUT2D eigenvalue weighted by atomic mass is 19.1. The van der Waals surface area contributed by atoms with Crippen molar-refractivity contribution in [1.29, 1.82) is 5.41 Å². The second-order valence-electron chi connectivity index (χ2n) is 3.92. The van der Waals surface area contributed by atoms with Crippen LogP contribution >= 0.6 is 0 Å². The number of hydrogen-bond acceptors (Lipinski definition) is 4. The number of nitrogens with zero attached hydrogens (tertiary/aromatic N) is 1. The third-order valence-electron chi connectivity index (χ3n) is 2.50. The predicted octanol–water partition coefficient (Wildman–Crippen LogP) is 2.81. The molecule has 20 heavy (non-hydrogen) atoms. The minimum atomic E-state index is -0.704. The maximum absolute atomic E-state index is 13.7. The fourth-order valence-electron chi connectivity index (χ4n) is 1.54. The lowest BCUT2D eigenvalue weighted by molar-refractivity contribution is -0.384. The number of nitro groups is 1. The summed E-state index contributed by atoms with van der Waals surface area (Å²) in [5.74, 6) is -0.917. The number of nitrogen functional groups attached to an aromatic ring is 1. The summed E-state index contributed by atoms with van der Waals surface area (Å²) in [5, 5.41) is 17.8. The largest absolute Gasteiger partial charge is 0.454 e. The van der Waals surface area contributed by atoms with Crippen molar-refractivity contribution < 1.29 is 14.1 Å². The molecule has 3 N–H and O–H groups in total. The number of nitrogens with one attached hydrogen (secondary N) is 1. The number of nitro benzene ring substituents is 1. The molecule has 0 unspecified atom stereocenters. The fourth-order valence-corrected chi connectivity index (χ4v) is 1.54. The van der Waals surface area contributed by atoms with Crippen molar-refractivity contribution in [2.24, 2.45) is 5.73 Å². The number of rotatable bonds is 4. The third-order valence-corrected chi connectivity index (χ3v) is 2.50. The molecule has 0 fully saturated rings. The molecule has 0 aliphatic carbocycles. The van der Waals surface area contributed by atoms with Gasteiger partial charge in [-0.05, 0) is 24.3 Å². The topological polar surface area (TPSA) is 102 Å². The van der Waals surface area contributed by atoms with Gasteiger partial charge >= 0.3 is 0 Å². The van der Waals surface area contributed by atoms with E-state index in [2.05, 4.69) is 0 Å². The number of ether oxygens (including phenoxy) is 1. The van der Waals surface area contributed by atoms with Crippen molar-refractivity contribution in [1.82, 2.24) is 0 Å². The van der Waals surface area contributed by atoms with E-state index in [1.54, 1.807) is 0 Å². The van der Waals surface area contributed by atoms with Crippen LogP contribution in [0.5, 0.6) is 11.5 Å². The zero-order valence-corrected chi connectivity index (χ0v) is 10.2. The predicted molar refractivity (Wildman–Crippen MR) is 70.6 cm³/mol. The van der Waals surface area contributed by atoms with Gasteiger partial charge in [0.05, 0.1) is 11.0 Å². The Kier molecular flexibility index (Phi) is 3.60. The lowest BCUT2D eigenvalue weighted by atomic mass is 10.2. The maximum Gasteiger partial charge on any atom is 0.273 e. The van der Waals surface area contributed by atoms with Crippen molar-refractivity contribution in [3.63, 3.8) is 0 Å². The molecule has 2 aromatic rings. The van der Waals surface area contributed by atoms with Crippen LogP contribution in [0.4, 0.5) is 10.1 Å². The van der Waals surface area contributed by atoms with Crippen LogP contribution in [0.3, 0.4) is 0 Å². The smallest absolute Gasteiger partial charge is 0.273 e. The third kappa shape index (κ3) is 2.89. The molecule has 0 bridgehead atoms. The summed E-state index contributed by atoms with van der Waals surface area (Å²) in [4.78, 5) is 10.1. The lowest BCUT2D eigenvalue weighted by Crippen LogP contribution is -2.11. The van der Waals surface area contributed by atoms with Gasteiger partial charge in [-0.25, -0.2) is 4.39 Å². The zero-order chi connectivity index (χ0) is 14.7. The van der Waals surface area contributed by atoms with Crippen LogP contribution in [0, 0.1) is 21.3 Å². The van der Waals surface area contributed by atoms with Crippen LogP contribution < -0.4 is 10.5 Å². The number of benzene rings is 2. The van der Waals surface area contributed by atoms with Crippen LogP contribution in [0.15, 0.2) is 42.5 Å². The molecular formula is C13H10FN3O3. The summed E-state index contributed by atoms with van der Waals surface area (Å²) in [5.41, 5.74) is 5.32. The quantitative estimate of drug-likeness (QED) is 0.387. The first-order valence-corrected chi connectivity index (χ1v) is 5.53. The molecule has 0 atom stereocenters. The van der Waals surface area contributed by atoms with E-state index >= 15 is 0 Å². The van der Waals surface area contributed by atoms with Crippen LogP contribution in [0.25, 0.3) is 0 Å². The Balaban J connectivity index is 2.28. The molecule has 0 aliphatic heterocycles. The van der Waals surface area contributed by atoms with E-state index in [1.807, 2.05) is 0 Å². The van der Waals surface area contributed by atoms with Crippen LogP contribution in [-0.2, 0) is 0 Å². The molecule has 0 saturated heterocycles. The number of amidine groups is 1. The Hall–Kier alpha value is -2.96. The Labute approximate surface area is 113 Å². The van der Waals surface area contributed by atoms with E-state index in [0.29, 0.717) is 0 Å². The monoisotopic (exact) mass is 275 g/mol. The van der Waals surface area contributed by atoms with Crippen molar-refractivity contribution in [3.8, 4) is 11.5 Å². The molecular weight excluding hydrogens is 265 g/mol. The molecule has 6 nitrogen and oxygen atoms in total. The first-order chi connectivity index (χ1) is 9.47. The first-order valence-electron chi connectivity index (χ1n) is 5.53. The Morgan fingerprint density at radius 2 is 2.05 bits per heavy atom. The zero-order valence-electron chi connectivity index (χ0n) is 10.2. The van der Waals surface area contributed by atoms with Gasteiger partial charge in [-0.1, -0.05) is 6.07 Å². The summed E-state index contributed by atoms with van der Waals surface area (Å²) in [6.45, 7) is 0. The summed E-state index contributed by atoms with van der Waals surface area (Å²) in [6.07, 6.45) is 0. The minimum Gasteiger partial charge on any atom is -0.454 e. The minimum absolute atomic E-state index is 0.101. The van der Waals surface area contributed by atoms with Gasteiger partial charge in [-0.2, -0.15) is 0 Å². The maximum atomic E-state index is 13.7. The molecule has 2 aromatic carbocycles. The lowest BCUT2D eigenvalue weighted by Gasteiger charge is -2.07. The van der Waals surface area contributed by atoms with E-state index in [0.717, 1.165) is 6.07 Å². The van der Waals surface area contributed by atoms with Gasteiger partial charge in [0.1, 0.15) is 11.6 Å². The van der Waals surface area contributed by atoms with Crippen molar-refractivity contribution in [3.05, 3.63) is 64.0 Å². The number of halogens is 1. The van der Waals surface area contributed by atoms with Crippen LogP contribution in [0.1, 0.15) is 5.56 Å². The average Bonchev–Trinajstić information content (AvgIpc) is 2.41. The highest BCUT2D eigenvalue weighted by Crippen LogP contribution is 2.27. The van der Waals surface area contributed by atoms with Gasteiger partial charge in [0.25, 0.3) is 5.69 Å². The molecule has 0 aliphatic rings. The van der Waals surface area contributed by atoms with Gasteiger partial charge in [0, 0.05) is 11.6 Å². The molecule has 0 saturated carbocycles. The van der Waals surface area contributed by atoms with E-state index in [-0.39, 0.29) is 28.6 Å². The molecule has 0 spiro atoms. The summed E-state index contributed by atoms with van der Waals surface area (Å²) >= 11 is 0. The molecule has 0 amide bonds. The van der Waals surface area contributed by atoms with Crippen molar-refractivity contribution >= 4 is 11.5 Å². The molecule has 2 rings (SSSR count). The van der Waals surface area contributed by atoms with E-state index in [1.165, 1.54) is 36.4 Å². The first kappa shape index (κ1) is 13.5. The Morgan fingerprint density at radius 1 is 1.30 bits per heavy atom. The number of hydrogen-bond donors (Lipinski definition) is 2. The molecule has 0 radical (unpaired) electrons. The van der Waals surface area contributed by atoms with Gasteiger partial charge in [-0.3, -0.25) is 15.5 Å². The molecule has 102 valence electrons. The number of nitrogens with two attached hydrogens (primary N) is 1. The van der Waals surface area contributed by atoms with Crippen molar-refractivity contribution in [2.45, 2.75) is 0 Å². The Bertz CT molecular complexity index is 688. The summed E-state index contributed by atoms with van der Waals surface area (Å²) in [6, 6.07) is 9.22. The second kappa shape index (κ2) is 5.35. The highest BCUT2D eigenvalue weighted by molar-refractivity contribution is 5.95. The van der Waals surface area contributed by atoms with E-state index < -0.39 is 10.7 Å². The molecule has 0 aromatic heterocycles. The van der Waals surface area contributed by atoms with Gasteiger partial charge in [0.15, 0.2) is 11.6 Å². The normalized spacial score (nSPS) is 10.1.